The van der Waals surface area contributed by atoms with E-state index >= 15 is 0 Å². The maximum Gasteiger partial charge on any atom is 0.409 e. The van der Waals surface area contributed by atoms with E-state index in [1.54, 1.807) is 0 Å². The van der Waals surface area contributed by atoms with E-state index in [1.165, 1.54) is 6.42 Å². The molecular formula is C18H26Cl2N2O3. The summed E-state index contributed by atoms with van der Waals surface area (Å²) in [4.78, 5) is 16.1. The lowest BCUT2D eigenvalue weighted by molar-refractivity contribution is -0.0353. The molecule has 0 spiro atoms. The fourth-order valence-electron chi connectivity index (χ4n) is 3.21. The number of hydrogen-bond donors (Lipinski definition) is 0. The molecule has 0 N–H and O–H groups in total. The Hall–Kier alpha value is -1.01. The number of rotatable bonds is 4. The van der Waals surface area contributed by atoms with Crippen LogP contribution in [0.1, 0.15) is 30.9 Å². The first kappa shape index (κ1) is 20.3. The Morgan fingerprint density at radius 3 is 2.60 bits per heavy atom. The van der Waals surface area contributed by atoms with Gasteiger partial charge >= 0.3 is 6.09 Å². The lowest BCUT2D eigenvalue weighted by Crippen LogP contribution is -2.41. The summed E-state index contributed by atoms with van der Waals surface area (Å²) >= 11 is 5.94. The van der Waals surface area contributed by atoms with Crippen LogP contribution in [0.3, 0.4) is 0 Å². The van der Waals surface area contributed by atoms with Crippen LogP contribution in [0.4, 0.5) is 4.79 Å². The topological polar surface area (TPSA) is 42.0 Å². The van der Waals surface area contributed by atoms with Crippen molar-refractivity contribution in [3.8, 4) is 0 Å². The molecule has 2 heterocycles. The number of nitrogens with zero attached hydrogens (tertiary/aromatic N) is 2. The minimum absolute atomic E-state index is 0. The van der Waals surface area contributed by atoms with Crippen LogP contribution >= 0.6 is 24.0 Å². The first-order valence-corrected chi connectivity index (χ1v) is 9.11. The van der Waals surface area contributed by atoms with E-state index in [1.807, 2.05) is 29.2 Å². The van der Waals surface area contributed by atoms with Gasteiger partial charge in [-0.3, -0.25) is 4.90 Å². The fourth-order valence-corrected chi connectivity index (χ4v) is 3.34. The first-order valence-electron chi connectivity index (χ1n) is 8.73. The predicted octanol–water partition coefficient (Wildman–Crippen LogP) is 3.76. The van der Waals surface area contributed by atoms with Gasteiger partial charge in [0.25, 0.3) is 0 Å². The second kappa shape index (κ2) is 10.2. The molecule has 1 unspecified atom stereocenters. The number of carbonyl (C=O) groups excluding carboxylic acids is 1. The van der Waals surface area contributed by atoms with Crippen molar-refractivity contribution in [3.63, 3.8) is 0 Å². The standard InChI is InChI=1S/C18H25ClN2O3.ClH/c19-16-6-4-15(5-7-16)17-14-20(10-12-23-17)11-13-24-18(22)21-8-2-1-3-9-21;/h4-7,17H,1-3,8-14H2;1H. The van der Waals surface area contributed by atoms with Gasteiger partial charge in [-0.05, 0) is 37.0 Å². The molecule has 140 valence electrons. The van der Waals surface area contributed by atoms with Gasteiger partial charge in [-0.2, -0.15) is 0 Å². The number of benzene rings is 1. The van der Waals surface area contributed by atoms with Crippen molar-refractivity contribution in [2.45, 2.75) is 25.4 Å². The van der Waals surface area contributed by atoms with Gasteiger partial charge in [-0.1, -0.05) is 23.7 Å². The maximum absolute atomic E-state index is 12.0. The quantitative estimate of drug-likeness (QED) is 0.787. The number of ether oxygens (including phenoxy) is 2. The van der Waals surface area contributed by atoms with Crippen LogP contribution in [-0.4, -0.2) is 61.8 Å². The summed E-state index contributed by atoms with van der Waals surface area (Å²) in [6.07, 6.45) is 3.26. The molecule has 3 rings (SSSR count). The van der Waals surface area contributed by atoms with Crippen molar-refractivity contribution >= 4 is 30.1 Å². The number of piperidine rings is 1. The highest BCUT2D eigenvalue weighted by Crippen LogP contribution is 2.23. The van der Waals surface area contributed by atoms with Crippen molar-refractivity contribution in [2.75, 3.05) is 45.9 Å². The average Bonchev–Trinajstić information content (AvgIpc) is 2.63. The molecule has 0 aliphatic carbocycles. The Morgan fingerprint density at radius 1 is 1.16 bits per heavy atom. The summed E-state index contributed by atoms with van der Waals surface area (Å²) in [5, 5.41) is 0.732. The van der Waals surface area contributed by atoms with Crippen molar-refractivity contribution in [3.05, 3.63) is 34.9 Å². The fraction of sp³-hybridized carbons (Fsp3) is 0.611. The Labute approximate surface area is 160 Å². The molecule has 2 aliphatic heterocycles. The summed E-state index contributed by atoms with van der Waals surface area (Å²) in [5.74, 6) is 0. The van der Waals surface area contributed by atoms with Crippen LogP contribution in [0, 0.1) is 0 Å². The van der Waals surface area contributed by atoms with Crippen LogP contribution in [-0.2, 0) is 9.47 Å². The molecule has 0 aromatic heterocycles. The summed E-state index contributed by atoms with van der Waals surface area (Å²) in [6, 6.07) is 7.79. The molecule has 0 bridgehead atoms. The Kier molecular flexibility index (Phi) is 8.30. The first-order chi connectivity index (χ1) is 11.7. The van der Waals surface area contributed by atoms with E-state index in [-0.39, 0.29) is 24.6 Å². The Bertz CT molecular complexity index is 536. The molecule has 2 aliphatic rings. The van der Waals surface area contributed by atoms with Gasteiger partial charge in [0.15, 0.2) is 0 Å². The van der Waals surface area contributed by atoms with E-state index in [4.69, 9.17) is 21.1 Å². The summed E-state index contributed by atoms with van der Waals surface area (Å²) < 4.78 is 11.3. The molecule has 1 amide bonds. The van der Waals surface area contributed by atoms with Gasteiger partial charge < -0.3 is 14.4 Å². The number of hydrogen-bond acceptors (Lipinski definition) is 4. The zero-order chi connectivity index (χ0) is 16.8. The third-order valence-corrected chi connectivity index (χ3v) is 4.89. The van der Waals surface area contributed by atoms with Crippen molar-refractivity contribution in [1.82, 2.24) is 9.80 Å². The molecular weight excluding hydrogens is 363 g/mol. The number of morpholine rings is 1. The van der Waals surface area contributed by atoms with E-state index in [2.05, 4.69) is 4.90 Å². The number of halogens is 2. The van der Waals surface area contributed by atoms with Crippen molar-refractivity contribution in [2.24, 2.45) is 0 Å². The molecule has 0 saturated carbocycles. The second-order valence-electron chi connectivity index (χ2n) is 6.37. The number of carbonyl (C=O) groups is 1. The molecule has 1 aromatic rings. The maximum atomic E-state index is 12.0. The molecule has 0 radical (unpaired) electrons. The Morgan fingerprint density at radius 2 is 1.88 bits per heavy atom. The molecule has 7 heteroatoms. The van der Waals surface area contributed by atoms with E-state index in [9.17, 15) is 4.79 Å². The lowest BCUT2D eigenvalue weighted by atomic mass is 10.1. The zero-order valence-electron chi connectivity index (χ0n) is 14.4. The molecule has 5 nitrogen and oxygen atoms in total. The minimum Gasteiger partial charge on any atom is -0.448 e. The summed E-state index contributed by atoms with van der Waals surface area (Å²) in [7, 11) is 0. The van der Waals surface area contributed by atoms with E-state index in [0.29, 0.717) is 13.2 Å². The highest BCUT2D eigenvalue weighted by molar-refractivity contribution is 6.30. The summed E-state index contributed by atoms with van der Waals surface area (Å²) in [6.45, 7) is 5.20. The number of likely N-dealkylation sites (tertiary alicyclic amines) is 1. The van der Waals surface area contributed by atoms with Gasteiger partial charge in [0.2, 0.25) is 0 Å². The minimum atomic E-state index is -0.169. The normalized spacial score (nSPS) is 21.5. The van der Waals surface area contributed by atoms with Crippen molar-refractivity contribution in [1.29, 1.82) is 0 Å². The van der Waals surface area contributed by atoms with Crippen molar-refractivity contribution < 1.29 is 14.3 Å². The lowest BCUT2D eigenvalue weighted by Gasteiger charge is -2.33. The zero-order valence-corrected chi connectivity index (χ0v) is 15.9. The third-order valence-electron chi connectivity index (χ3n) is 4.64. The Balaban J connectivity index is 0.00000225. The van der Waals surface area contributed by atoms with Gasteiger partial charge in [0.05, 0.1) is 12.7 Å². The van der Waals surface area contributed by atoms with Crippen LogP contribution in [0.15, 0.2) is 24.3 Å². The van der Waals surface area contributed by atoms with Gasteiger partial charge in [-0.25, -0.2) is 4.79 Å². The van der Waals surface area contributed by atoms with Gasteiger partial charge in [-0.15, -0.1) is 12.4 Å². The summed E-state index contributed by atoms with van der Waals surface area (Å²) in [5.41, 5.74) is 1.13. The number of amides is 1. The molecule has 1 aromatic carbocycles. The molecule has 1 atom stereocenters. The average molecular weight is 389 g/mol. The van der Waals surface area contributed by atoms with E-state index in [0.717, 1.165) is 56.2 Å². The highest BCUT2D eigenvalue weighted by Gasteiger charge is 2.23. The smallest absolute Gasteiger partial charge is 0.409 e. The SMILES string of the molecule is Cl.O=C(OCCN1CCOC(c2ccc(Cl)cc2)C1)N1CCCCC1. The molecule has 25 heavy (non-hydrogen) atoms. The van der Waals surface area contributed by atoms with Gasteiger partial charge in [0.1, 0.15) is 6.61 Å². The third kappa shape index (κ3) is 6.03. The predicted molar refractivity (Wildman–Crippen MR) is 101 cm³/mol. The highest BCUT2D eigenvalue weighted by atomic mass is 35.5. The van der Waals surface area contributed by atoms with Crippen LogP contribution in [0.25, 0.3) is 0 Å². The van der Waals surface area contributed by atoms with Gasteiger partial charge in [0, 0.05) is 37.7 Å². The largest absolute Gasteiger partial charge is 0.448 e. The molecule has 2 saturated heterocycles. The monoisotopic (exact) mass is 388 g/mol. The van der Waals surface area contributed by atoms with Crippen LogP contribution in [0.5, 0.6) is 0 Å². The van der Waals surface area contributed by atoms with Crippen LogP contribution < -0.4 is 0 Å². The molecule has 2 fully saturated rings. The van der Waals surface area contributed by atoms with Crippen LogP contribution in [0.2, 0.25) is 5.02 Å². The second-order valence-corrected chi connectivity index (χ2v) is 6.81. The van der Waals surface area contributed by atoms with E-state index < -0.39 is 0 Å².